The van der Waals surface area contributed by atoms with E-state index in [9.17, 15) is 8.42 Å². The molecule has 0 saturated carbocycles. The van der Waals surface area contributed by atoms with Crippen molar-refractivity contribution in [3.63, 3.8) is 0 Å². The molecule has 1 heterocycles. The van der Waals surface area contributed by atoms with Gasteiger partial charge in [-0.15, -0.1) is 11.8 Å². The van der Waals surface area contributed by atoms with Crippen LogP contribution in [0.3, 0.4) is 0 Å². The van der Waals surface area contributed by atoms with Crippen molar-refractivity contribution in [1.82, 2.24) is 0 Å². The summed E-state index contributed by atoms with van der Waals surface area (Å²) in [4.78, 5) is 1.54. The Balaban J connectivity index is 1.48. The van der Waals surface area contributed by atoms with Gasteiger partial charge in [-0.05, 0) is 72.2 Å². The van der Waals surface area contributed by atoms with E-state index in [0.29, 0.717) is 16.5 Å². The smallest absolute Gasteiger partial charge is 0.261 e. The summed E-state index contributed by atoms with van der Waals surface area (Å²) >= 11 is 1.74. The van der Waals surface area contributed by atoms with Gasteiger partial charge >= 0.3 is 0 Å². The topological polar surface area (TPSA) is 58.2 Å². The van der Waals surface area contributed by atoms with Gasteiger partial charge in [0.05, 0.1) is 10.9 Å². The van der Waals surface area contributed by atoms with E-state index >= 15 is 0 Å². The van der Waals surface area contributed by atoms with Crippen molar-refractivity contribution in [3.8, 4) is 0 Å². The van der Waals surface area contributed by atoms with Crippen LogP contribution in [-0.4, -0.2) is 14.7 Å². The molecule has 158 valence electrons. The number of rotatable bonds is 5. The number of thioether (sulfide) groups is 1. The first-order valence-corrected chi connectivity index (χ1v) is 13.0. The van der Waals surface area contributed by atoms with Crippen LogP contribution in [0.5, 0.6) is 0 Å². The molecule has 3 atom stereocenters. The number of fused-ring (bicyclic) bond motifs is 3. The van der Waals surface area contributed by atoms with E-state index in [2.05, 4.69) is 52.7 Å². The molecule has 4 nitrogen and oxygen atoms in total. The maximum Gasteiger partial charge on any atom is 0.261 e. The van der Waals surface area contributed by atoms with Crippen molar-refractivity contribution >= 4 is 33.2 Å². The minimum absolute atomic E-state index is 0.202. The van der Waals surface area contributed by atoms with Crippen LogP contribution in [0.4, 0.5) is 11.4 Å². The molecule has 0 aromatic heterocycles. The number of sulfonamides is 1. The number of anilines is 2. The van der Waals surface area contributed by atoms with Crippen molar-refractivity contribution in [3.05, 3.63) is 96.1 Å². The molecular weight excluding hydrogens is 424 g/mol. The minimum atomic E-state index is -3.65. The van der Waals surface area contributed by atoms with Gasteiger partial charge in [0.15, 0.2) is 0 Å². The molecule has 0 radical (unpaired) electrons. The van der Waals surface area contributed by atoms with Gasteiger partial charge in [0.25, 0.3) is 10.0 Å². The fourth-order valence-corrected chi connectivity index (χ4v) is 6.10. The van der Waals surface area contributed by atoms with E-state index in [1.165, 1.54) is 10.5 Å². The first-order valence-electron chi connectivity index (χ1n) is 10.3. The Morgan fingerprint density at radius 2 is 1.77 bits per heavy atom. The quantitative estimate of drug-likeness (QED) is 0.369. The van der Waals surface area contributed by atoms with Crippen molar-refractivity contribution in [2.24, 2.45) is 5.92 Å². The molecule has 0 fully saturated rings. The van der Waals surface area contributed by atoms with Crippen LogP contribution in [0.15, 0.2) is 94.7 Å². The standard InChI is InChI=1S/C25H24N2O2S2/c1-30-19-12-10-17(11-13-19)25-22-9-5-8-21(22)23-16-20(14-15-24(23)26-25)31(28,29)27-18-6-3-2-4-7-18/h2-8,10-16,21-22,25-27H,9H2,1H3. The minimum Gasteiger partial charge on any atom is -0.378 e. The summed E-state index contributed by atoms with van der Waals surface area (Å²) < 4.78 is 28.6. The molecule has 1 aliphatic carbocycles. The number of para-hydroxylation sites is 1. The third-order valence-corrected chi connectivity index (χ3v) is 8.27. The second-order valence-corrected chi connectivity index (χ2v) is 10.5. The molecule has 3 aromatic carbocycles. The Morgan fingerprint density at radius 1 is 1.00 bits per heavy atom. The summed E-state index contributed by atoms with van der Waals surface area (Å²) in [5, 5.41) is 3.69. The molecule has 0 bridgehead atoms. The first kappa shape index (κ1) is 20.2. The van der Waals surface area contributed by atoms with Crippen LogP contribution in [-0.2, 0) is 10.0 Å². The summed E-state index contributed by atoms with van der Waals surface area (Å²) in [5.41, 5.74) is 3.88. The van der Waals surface area contributed by atoms with Gasteiger partial charge < -0.3 is 5.32 Å². The van der Waals surface area contributed by atoms with Gasteiger partial charge in [-0.25, -0.2) is 8.42 Å². The highest BCUT2D eigenvalue weighted by Gasteiger charge is 2.38. The molecule has 0 saturated heterocycles. The Hall–Kier alpha value is -2.70. The SMILES string of the molecule is CSc1ccc(C2Nc3ccc(S(=O)(=O)Nc4ccccc4)cc3C3C=CCC32)cc1. The van der Waals surface area contributed by atoms with E-state index in [4.69, 9.17) is 0 Å². The maximum atomic E-state index is 13.0. The molecule has 31 heavy (non-hydrogen) atoms. The summed E-state index contributed by atoms with van der Waals surface area (Å²) in [6.45, 7) is 0. The van der Waals surface area contributed by atoms with Crippen LogP contribution < -0.4 is 10.0 Å². The van der Waals surface area contributed by atoms with E-state index in [1.54, 1.807) is 30.0 Å². The number of allylic oxidation sites excluding steroid dienone is 2. The highest BCUT2D eigenvalue weighted by molar-refractivity contribution is 7.98. The van der Waals surface area contributed by atoms with Crippen LogP contribution in [0.1, 0.15) is 29.5 Å². The predicted molar refractivity (Wildman–Crippen MR) is 128 cm³/mol. The zero-order chi connectivity index (χ0) is 21.4. The lowest BCUT2D eigenvalue weighted by Gasteiger charge is -2.37. The summed E-state index contributed by atoms with van der Waals surface area (Å²) in [7, 11) is -3.65. The zero-order valence-electron chi connectivity index (χ0n) is 17.2. The predicted octanol–water partition coefficient (Wildman–Crippen LogP) is 6.04. The van der Waals surface area contributed by atoms with E-state index in [0.717, 1.165) is 17.7 Å². The van der Waals surface area contributed by atoms with Gasteiger partial charge in [0.1, 0.15) is 0 Å². The second kappa shape index (κ2) is 8.09. The van der Waals surface area contributed by atoms with Crippen LogP contribution in [0.25, 0.3) is 0 Å². The third-order valence-electron chi connectivity index (χ3n) is 6.15. The monoisotopic (exact) mass is 448 g/mol. The Bertz CT molecular complexity index is 1220. The molecular formula is C25H24N2O2S2. The lowest BCUT2D eigenvalue weighted by atomic mass is 9.77. The Kier molecular flexibility index (Phi) is 5.28. The van der Waals surface area contributed by atoms with Crippen molar-refractivity contribution in [1.29, 1.82) is 0 Å². The summed E-state index contributed by atoms with van der Waals surface area (Å²) in [5.74, 6) is 0.570. The fourth-order valence-electron chi connectivity index (χ4n) is 4.60. The lowest BCUT2D eigenvalue weighted by molar-refractivity contribution is 0.425. The van der Waals surface area contributed by atoms with Crippen LogP contribution >= 0.6 is 11.8 Å². The van der Waals surface area contributed by atoms with E-state index in [1.807, 2.05) is 30.3 Å². The molecule has 6 heteroatoms. The normalized spacial score (nSPS) is 21.8. The van der Waals surface area contributed by atoms with Gasteiger partial charge in [-0.1, -0.05) is 42.5 Å². The van der Waals surface area contributed by atoms with E-state index in [-0.39, 0.29) is 12.0 Å². The van der Waals surface area contributed by atoms with Crippen molar-refractivity contribution in [2.45, 2.75) is 28.2 Å². The number of benzene rings is 3. The van der Waals surface area contributed by atoms with Crippen molar-refractivity contribution in [2.75, 3.05) is 16.3 Å². The Morgan fingerprint density at radius 3 is 2.52 bits per heavy atom. The average molecular weight is 449 g/mol. The average Bonchev–Trinajstić information content (AvgIpc) is 3.29. The molecule has 1 aliphatic heterocycles. The maximum absolute atomic E-state index is 13.0. The highest BCUT2D eigenvalue weighted by atomic mass is 32.2. The second-order valence-electron chi connectivity index (χ2n) is 7.97. The molecule has 3 unspecified atom stereocenters. The zero-order valence-corrected chi connectivity index (χ0v) is 18.8. The van der Waals surface area contributed by atoms with E-state index < -0.39 is 10.0 Å². The van der Waals surface area contributed by atoms with Gasteiger partial charge in [-0.2, -0.15) is 0 Å². The molecule has 2 aliphatic rings. The van der Waals surface area contributed by atoms with Crippen LogP contribution in [0.2, 0.25) is 0 Å². The van der Waals surface area contributed by atoms with Crippen LogP contribution in [0, 0.1) is 5.92 Å². The third kappa shape index (κ3) is 3.86. The molecule has 2 N–H and O–H groups in total. The molecule has 5 rings (SSSR count). The number of hydrogen-bond acceptors (Lipinski definition) is 4. The number of hydrogen-bond donors (Lipinski definition) is 2. The summed E-state index contributed by atoms with van der Waals surface area (Å²) in [6.07, 6.45) is 7.51. The van der Waals surface area contributed by atoms with Gasteiger partial charge in [0, 0.05) is 22.2 Å². The largest absolute Gasteiger partial charge is 0.378 e. The fraction of sp³-hybridized carbons (Fsp3) is 0.200. The first-order chi connectivity index (χ1) is 15.0. The highest BCUT2D eigenvalue weighted by Crippen LogP contribution is 2.50. The Labute approximate surface area is 187 Å². The van der Waals surface area contributed by atoms with Crippen molar-refractivity contribution < 1.29 is 8.42 Å². The number of nitrogens with one attached hydrogen (secondary N) is 2. The lowest BCUT2D eigenvalue weighted by Crippen LogP contribution is -2.29. The summed E-state index contributed by atoms with van der Waals surface area (Å²) in [6, 6.07) is 23.3. The molecule has 0 amide bonds. The van der Waals surface area contributed by atoms with Gasteiger partial charge in [0.2, 0.25) is 0 Å². The molecule has 0 spiro atoms. The molecule has 3 aromatic rings. The van der Waals surface area contributed by atoms with Gasteiger partial charge in [-0.3, -0.25) is 4.72 Å².